The summed E-state index contributed by atoms with van der Waals surface area (Å²) in [6.45, 7) is 2.22. The fraction of sp³-hybridized carbons (Fsp3) is 0.0769. The first kappa shape index (κ1) is 16.2. The van der Waals surface area contributed by atoms with Gasteiger partial charge in [0.15, 0.2) is 0 Å². The summed E-state index contributed by atoms with van der Waals surface area (Å²) in [6, 6.07) is 31.4. The molecule has 3 aromatic rings. The first-order valence-corrected chi connectivity index (χ1v) is 8.94. The van der Waals surface area contributed by atoms with Gasteiger partial charge in [-0.2, -0.15) is 0 Å². The third-order valence-electron chi connectivity index (χ3n) is 4.71. The minimum atomic E-state index is 0.951. The van der Waals surface area contributed by atoms with Gasteiger partial charge in [0.2, 0.25) is 0 Å². The van der Waals surface area contributed by atoms with Gasteiger partial charge < -0.3 is 0 Å². The van der Waals surface area contributed by atoms with Crippen molar-refractivity contribution in [1.82, 2.24) is 0 Å². The molecule has 0 bridgehead atoms. The standard InChI is InChI=1S/C26H20/c1-20-19-25(22-13-7-3-8-14-22)24(18-17-21-11-5-2-6-12-21)26(20)23-15-9-4-10-16-23/h2-16H,19H2,1H3. The number of benzene rings is 3. The highest BCUT2D eigenvalue weighted by atomic mass is 14.3. The van der Waals surface area contributed by atoms with Crippen LogP contribution in [0.5, 0.6) is 0 Å². The molecule has 0 fully saturated rings. The molecule has 0 saturated carbocycles. The lowest BCUT2D eigenvalue weighted by Crippen LogP contribution is -1.89. The van der Waals surface area contributed by atoms with E-state index in [9.17, 15) is 0 Å². The Morgan fingerprint density at radius 1 is 0.615 bits per heavy atom. The van der Waals surface area contributed by atoms with Gasteiger partial charge in [-0.3, -0.25) is 0 Å². The molecule has 0 N–H and O–H groups in total. The molecule has 0 spiro atoms. The Balaban J connectivity index is 1.87. The second-order valence-electron chi connectivity index (χ2n) is 6.53. The van der Waals surface area contributed by atoms with Crippen LogP contribution < -0.4 is 0 Å². The molecule has 1 aliphatic rings. The van der Waals surface area contributed by atoms with E-state index >= 15 is 0 Å². The van der Waals surface area contributed by atoms with Crippen molar-refractivity contribution in [2.75, 3.05) is 0 Å². The molecule has 0 aliphatic heterocycles. The molecule has 0 radical (unpaired) electrons. The first-order chi connectivity index (χ1) is 12.8. The van der Waals surface area contributed by atoms with Gasteiger partial charge >= 0.3 is 0 Å². The predicted molar refractivity (Wildman–Crippen MR) is 110 cm³/mol. The Morgan fingerprint density at radius 3 is 1.77 bits per heavy atom. The largest absolute Gasteiger partial charge is 0.0622 e. The molecule has 0 atom stereocenters. The predicted octanol–water partition coefficient (Wildman–Crippen LogP) is 6.37. The molecule has 0 heterocycles. The van der Waals surface area contributed by atoms with Crippen LogP contribution in [-0.4, -0.2) is 0 Å². The third kappa shape index (κ3) is 3.25. The van der Waals surface area contributed by atoms with Gasteiger partial charge in [0.1, 0.15) is 0 Å². The smallest absolute Gasteiger partial charge is 0.0368 e. The van der Waals surface area contributed by atoms with Crippen molar-refractivity contribution in [2.24, 2.45) is 0 Å². The molecule has 3 aromatic carbocycles. The van der Waals surface area contributed by atoms with E-state index in [1.54, 1.807) is 0 Å². The number of hydrogen-bond donors (Lipinski definition) is 0. The Bertz CT molecular complexity index is 1020. The van der Waals surface area contributed by atoms with Gasteiger partial charge in [0, 0.05) is 11.1 Å². The van der Waals surface area contributed by atoms with E-state index < -0.39 is 0 Å². The van der Waals surface area contributed by atoms with Gasteiger partial charge in [0.05, 0.1) is 0 Å². The summed E-state index contributed by atoms with van der Waals surface area (Å²) in [5.41, 5.74) is 8.70. The number of allylic oxidation sites excluding steroid dienone is 4. The van der Waals surface area contributed by atoms with Crippen molar-refractivity contribution >= 4 is 11.1 Å². The number of rotatable bonds is 2. The van der Waals surface area contributed by atoms with E-state index in [0.717, 1.165) is 17.6 Å². The first-order valence-electron chi connectivity index (χ1n) is 8.94. The molecule has 1 aliphatic carbocycles. The van der Waals surface area contributed by atoms with E-state index in [-0.39, 0.29) is 0 Å². The highest BCUT2D eigenvalue weighted by Gasteiger charge is 2.23. The molecular formula is C26H20. The quantitative estimate of drug-likeness (QED) is 0.478. The normalized spacial score (nSPS) is 13.6. The minimum absolute atomic E-state index is 0.951. The summed E-state index contributed by atoms with van der Waals surface area (Å²) in [4.78, 5) is 0. The van der Waals surface area contributed by atoms with E-state index in [2.05, 4.69) is 91.6 Å². The molecule has 0 unspecified atom stereocenters. The lowest BCUT2D eigenvalue weighted by molar-refractivity contribution is 1.26. The maximum atomic E-state index is 3.50. The summed E-state index contributed by atoms with van der Waals surface area (Å²) in [7, 11) is 0. The molecule has 0 aromatic heterocycles. The molecule has 124 valence electrons. The van der Waals surface area contributed by atoms with Crippen LogP contribution in [-0.2, 0) is 0 Å². The van der Waals surface area contributed by atoms with E-state index in [1.807, 2.05) is 18.2 Å². The second-order valence-corrected chi connectivity index (χ2v) is 6.53. The van der Waals surface area contributed by atoms with Crippen LogP contribution in [0.15, 0.2) is 102 Å². The Kier molecular flexibility index (Phi) is 4.54. The van der Waals surface area contributed by atoms with Crippen LogP contribution in [0.4, 0.5) is 0 Å². The van der Waals surface area contributed by atoms with Crippen LogP contribution in [0.1, 0.15) is 30.0 Å². The van der Waals surface area contributed by atoms with Crippen molar-refractivity contribution in [1.29, 1.82) is 0 Å². The molecule has 26 heavy (non-hydrogen) atoms. The lowest BCUT2D eigenvalue weighted by Gasteiger charge is -2.07. The molecule has 0 amide bonds. The van der Waals surface area contributed by atoms with Crippen LogP contribution in [0.25, 0.3) is 11.1 Å². The van der Waals surface area contributed by atoms with E-state index in [4.69, 9.17) is 0 Å². The zero-order valence-corrected chi connectivity index (χ0v) is 14.9. The van der Waals surface area contributed by atoms with Crippen LogP contribution in [0, 0.1) is 11.8 Å². The summed E-state index contributed by atoms with van der Waals surface area (Å²) in [5, 5.41) is 0. The summed E-state index contributed by atoms with van der Waals surface area (Å²) >= 11 is 0. The zero-order chi connectivity index (χ0) is 17.8. The van der Waals surface area contributed by atoms with Crippen molar-refractivity contribution in [3.8, 4) is 11.8 Å². The molecule has 0 heteroatoms. The van der Waals surface area contributed by atoms with Gasteiger partial charge in [-0.15, -0.1) is 0 Å². The average Bonchev–Trinajstić information content (AvgIpc) is 3.04. The Hall–Kier alpha value is -3.30. The highest BCUT2D eigenvalue weighted by Crippen LogP contribution is 2.42. The molecule has 0 nitrogen and oxygen atoms in total. The van der Waals surface area contributed by atoms with Crippen molar-refractivity contribution in [3.05, 3.63) is 119 Å². The SMILES string of the molecule is CC1=C(c2ccccc2)C(C#Cc2ccccc2)=C(c2ccccc2)C1. The number of hydrogen-bond acceptors (Lipinski definition) is 0. The summed E-state index contributed by atoms with van der Waals surface area (Å²) in [6.07, 6.45) is 0.951. The summed E-state index contributed by atoms with van der Waals surface area (Å²) < 4.78 is 0. The topological polar surface area (TPSA) is 0 Å². The maximum absolute atomic E-state index is 3.50. The monoisotopic (exact) mass is 332 g/mol. The van der Waals surface area contributed by atoms with E-state index in [0.29, 0.717) is 0 Å². The van der Waals surface area contributed by atoms with Gasteiger partial charge in [-0.1, -0.05) is 96.3 Å². The third-order valence-corrected chi connectivity index (χ3v) is 4.71. The van der Waals surface area contributed by atoms with Crippen molar-refractivity contribution in [3.63, 3.8) is 0 Å². The molecular weight excluding hydrogens is 312 g/mol. The van der Waals surface area contributed by atoms with E-state index in [1.165, 1.54) is 27.8 Å². The fourth-order valence-corrected chi connectivity index (χ4v) is 3.48. The van der Waals surface area contributed by atoms with Gasteiger partial charge in [-0.05, 0) is 47.8 Å². The lowest BCUT2D eigenvalue weighted by atomic mass is 9.95. The zero-order valence-electron chi connectivity index (χ0n) is 14.9. The molecule has 0 saturated heterocycles. The minimum Gasteiger partial charge on any atom is -0.0622 e. The highest BCUT2D eigenvalue weighted by molar-refractivity contribution is 6.00. The summed E-state index contributed by atoms with van der Waals surface area (Å²) in [5.74, 6) is 6.86. The van der Waals surface area contributed by atoms with Crippen molar-refractivity contribution < 1.29 is 0 Å². The molecule has 4 rings (SSSR count). The maximum Gasteiger partial charge on any atom is 0.0368 e. The van der Waals surface area contributed by atoms with Crippen LogP contribution in [0.3, 0.4) is 0 Å². The van der Waals surface area contributed by atoms with Crippen LogP contribution in [0.2, 0.25) is 0 Å². The van der Waals surface area contributed by atoms with Gasteiger partial charge in [0.25, 0.3) is 0 Å². The average molecular weight is 332 g/mol. The van der Waals surface area contributed by atoms with Gasteiger partial charge in [-0.25, -0.2) is 0 Å². The second kappa shape index (κ2) is 7.30. The van der Waals surface area contributed by atoms with Crippen LogP contribution >= 0.6 is 0 Å². The fourth-order valence-electron chi connectivity index (χ4n) is 3.48. The van der Waals surface area contributed by atoms with Crippen molar-refractivity contribution in [2.45, 2.75) is 13.3 Å². The Morgan fingerprint density at radius 2 is 1.15 bits per heavy atom. The Labute approximate surface area is 155 Å².